The summed E-state index contributed by atoms with van der Waals surface area (Å²) in [7, 11) is 0. The molecular formula is C14H16N4O2. The van der Waals surface area contributed by atoms with Gasteiger partial charge in [-0.3, -0.25) is 4.79 Å². The summed E-state index contributed by atoms with van der Waals surface area (Å²) in [5.74, 6) is 0.486. The lowest BCUT2D eigenvalue weighted by Gasteiger charge is -2.44. The minimum absolute atomic E-state index is 0.123. The molecule has 5 heterocycles. The number of carbonyl (C=O) groups excluding carboxylic acids is 1. The zero-order valence-corrected chi connectivity index (χ0v) is 11.1. The highest BCUT2D eigenvalue weighted by Crippen LogP contribution is 2.27. The van der Waals surface area contributed by atoms with E-state index in [2.05, 4.69) is 20.2 Å². The lowest BCUT2D eigenvalue weighted by atomic mass is 9.84. The summed E-state index contributed by atoms with van der Waals surface area (Å²) in [6.07, 6.45) is 5.30. The van der Waals surface area contributed by atoms with Crippen LogP contribution in [0.2, 0.25) is 0 Å². The van der Waals surface area contributed by atoms with Crippen LogP contribution in [0.4, 0.5) is 0 Å². The molecule has 6 nitrogen and oxygen atoms in total. The number of aromatic nitrogens is 2. The fourth-order valence-corrected chi connectivity index (χ4v) is 3.26. The summed E-state index contributed by atoms with van der Waals surface area (Å²) < 4.78 is 5.21. The topological polar surface area (TPSA) is 71.3 Å². The quantitative estimate of drug-likeness (QED) is 0.884. The molecule has 3 aliphatic rings. The predicted molar refractivity (Wildman–Crippen MR) is 72.2 cm³/mol. The van der Waals surface area contributed by atoms with Gasteiger partial charge in [0, 0.05) is 18.7 Å². The van der Waals surface area contributed by atoms with E-state index in [4.69, 9.17) is 4.42 Å². The van der Waals surface area contributed by atoms with Crippen LogP contribution >= 0.6 is 0 Å². The van der Waals surface area contributed by atoms with E-state index < -0.39 is 0 Å². The van der Waals surface area contributed by atoms with Crippen molar-refractivity contribution in [3.05, 3.63) is 24.4 Å². The van der Waals surface area contributed by atoms with Crippen molar-refractivity contribution in [2.24, 2.45) is 5.92 Å². The van der Waals surface area contributed by atoms with Crippen LogP contribution in [-0.4, -0.2) is 46.5 Å². The lowest BCUT2D eigenvalue weighted by molar-refractivity contribution is 0.0618. The van der Waals surface area contributed by atoms with Crippen molar-refractivity contribution < 1.29 is 9.21 Å². The highest BCUT2D eigenvalue weighted by Gasteiger charge is 2.35. The number of nitrogens with one attached hydrogen (secondary N) is 1. The maximum absolute atomic E-state index is 12.3. The van der Waals surface area contributed by atoms with Gasteiger partial charge in [-0.05, 0) is 31.8 Å². The highest BCUT2D eigenvalue weighted by molar-refractivity contribution is 5.94. The molecule has 2 aromatic heterocycles. The second-order valence-corrected chi connectivity index (χ2v) is 5.61. The van der Waals surface area contributed by atoms with Gasteiger partial charge >= 0.3 is 0 Å². The lowest BCUT2D eigenvalue weighted by Crippen LogP contribution is -2.57. The molecule has 2 bridgehead atoms. The fourth-order valence-electron chi connectivity index (χ4n) is 3.26. The van der Waals surface area contributed by atoms with Gasteiger partial charge in [-0.25, -0.2) is 9.97 Å². The first-order valence-electron chi connectivity index (χ1n) is 7.02. The van der Waals surface area contributed by atoms with E-state index in [1.807, 2.05) is 0 Å². The molecule has 0 radical (unpaired) electrons. The van der Waals surface area contributed by atoms with E-state index in [0.29, 0.717) is 22.7 Å². The van der Waals surface area contributed by atoms with Crippen LogP contribution in [0.25, 0.3) is 11.1 Å². The van der Waals surface area contributed by atoms with Crippen LogP contribution in [0.15, 0.2) is 23.1 Å². The smallest absolute Gasteiger partial charge is 0.270 e. The molecule has 1 atom stereocenters. The van der Waals surface area contributed by atoms with Gasteiger partial charge in [-0.1, -0.05) is 0 Å². The Labute approximate surface area is 116 Å². The van der Waals surface area contributed by atoms with E-state index in [1.54, 1.807) is 12.3 Å². The number of fused-ring (bicyclic) bond motifs is 4. The first-order chi connectivity index (χ1) is 9.79. The Kier molecular flexibility index (Phi) is 2.70. The van der Waals surface area contributed by atoms with Gasteiger partial charge in [-0.15, -0.1) is 0 Å². The third kappa shape index (κ3) is 1.96. The zero-order chi connectivity index (χ0) is 13.5. The van der Waals surface area contributed by atoms with Gasteiger partial charge in [-0.2, -0.15) is 0 Å². The maximum atomic E-state index is 12.3. The van der Waals surface area contributed by atoms with Crippen LogP contribution in [0.3, 0.4) is 0 Å². The number of piperidine rings is 3. The van der Waals surface area contributed by atoms with Gasteiger partial charge < -0.3 is 14.6 Å². The van der Waals surface area contributed by atoms with Crippen molar-refractivity contribution in [1.29, 1.82) is 0 Å². The number of hydrogen-bond donors (Lipinski definition) is 1. The molecule has 6 heteroatoms. The molecule has 3 saturated heterocycles. The number of amides is 1. The summed E-state index contributed by atoms with van der Waals surface area (Å²) in [5, 5.41) is 3.12. The van der Waals surface area contributed by atoms with Gasteiger partial charge in [0.05, 0.1) is 6.20 Å². The zero-order valence-electron chi connectivity index (χ0n) is 11.1. The first-order valence-corrected chi connectivity index (χ1v) is 7.02. The summed E-state index contributed by atoms with van der Waals surface area (Å²) in [6.45, 7) is 3.29. The monoisotopic (exact) mass is 272 g/mol. The number of hydrogen-bond acceptors (Lipinski definition) is 5. The number of oxazole rings is 1. The first kappa shape index (κ1) is 11.8. The molecule has 0 aromatic carbocycles. The van der Waals surface area contributed by atoms with Crippen molar-refractivity contribution in [2.75, 3.05) is 19.6 Å². The molecule has 0 unspecified atom stereocenters. The van der Waals surface area contributed by atoms with E-state index in [9.17, 15) is 4.79 Å². The second-order valence-electron chi connectivity index (χ2n) is 5.61. The highest BCUT2D eigenvalue weighted by atomic mass is 16.3. The summed E-state index contributed by atoms with van der Waals surface area (Å²) in [5.41, 5.74) is 1.66. The van der Waals surface area contributed by atoms with Crippen molar-refractivity contribution in [3.63, 3.8) is 0 Å². The second kappa shape index (κ2) is 4.56. The SMILES string of the molecule is O=C(N[C@H]1CN2CCC1CC2)c1cc2ocnc2cn1. The molecule has 104 valence electrons. The van der Waals surface area contributed by atoms with Crippen LogP contribution in [0, 0.1) is 5.92 Å². The third-order valence-electron chi connectivity index (χ3n) is 4.42. The van der Waals surface area contributed by atoms with E-state index in [1.165, 1.54) is 32.3 Å². The average Bonchev–Trinajstić information content (AvgIpc) is 2.96. The van der Waals surface area contributed by atoms with Gasteiger partial charge in [0.25, 0.3) is 5.91 Å². The van der Waals surface area contributed by atoms with Crippen molar-refractivity contribution in [2.45, 2.75) is 18.9 Å². The van der Waals surface area contributed by atoms with Crippen LogP contribution in [0.5, 0.6) is 0 Å². The minimum atomic E-state index is -0.123. The normalized spacial score (nSPS) is 28.7. The molecule has 1 amide bonds. The summed E-state index contributed by atoms with van der Waals surface area (Å²) in [4.78, 5) is 22.9. The molecule has 0 spiro atoms. The van der Waals surface area contributed by atoms with Crippen LogP contribution < -0.4 is 5.32 Å². The number of nitrogens with zero attached hydrogens (tertiary/aromatic N) is 3. The Morgan fingerprint density at radius 3 is 2.95 bits per heavy atom. The Bertz CT molecular complexity index is 645. The Morgan fingerprint density at radius 2 is 2.20 bits per heavy atom. The largest absolute Gasteiger partial charge is 0.443 e. The molecule has 1 N–H and O–H groups in total. The standard InChI is InChI=1S/C14H16N4O2/c19-14(10-5-13-11(6-15-10)16-8-20-13)17-12-7-18-3-1-9(12)2-4-18/h5-6,8-9,12H,1-4,7H2,(H,17,19)/t12-/m0/s1. The van der Waals surface area contributed by atoms with E-state index >= 15 is 0 Å². The molecule has 2 aromatic rings. The number of rotatable bonds is 2. The van der Waals surface area contributed by atoms with Crippen molar-refractivity contribution >= 4 is 17.0 Å². The van der Waals surface area contributed by atoms with Gasteiger partial charge in [0.15, 0.2) is 12.0 Å². The molecule has 5 rings (SSSR count). The maximum Gasteiger partial charge on any atom is 0.270 e. The minimum Gasteiger partial charge on any atom is -0.443 e. The third-order valence-corrected chi connectivity index (χ3v) is 4.42. The molecule has 0 saturated carbocycles. The molecule has 0 aliphatic carbocycles. The van der Waals surface area contributed by atoms with E-state index in [0.717, 1.165) is 6.54 Å². The van der Waals surface area contributed by atoms with Crippen molar-refractivity contribution in [1.82, 2.24) is 20.2 Å². The molecule has 20 heavy (non-hydrogen) atoms. The predicted octanol–water partition coefficient (Wildman–Crippen LogP) is 1.05. The summed E-state index contributed by atoms with van der Waals surface area (Å²) >= 11 is 0. The van der Waals surface area contributed by atoms with Gasteiger partial charge in [0.2, 0.25) is 0 Å². The number of pyridine rings is 1. The molecular weight excluding hydrogens is 256 g/mol. The Morgan fingerprint density at radius 1 is 1.35 bits per heavy atom. The molecule has 3 fully saturated rings. The average molecular weight is 272 g/mol. The van der Waals surface area contributed by atoms with E-state index in [-0.39, 0.29) is 11.9 Å². The van der Waals surface area contributed by atoms with Crippen LogP contribution in [0.1, 0.15) is 23.3 Å². The summed E-state index contributed by atoms with van der Waals surface area (Å²) in [6, 6.07) is 1.90. The number of carbonyl (C=O) groups is 1. The van der Waals surface area contributed by atoms with Crippen molar-refractivity contribution in [3.8, 4) is 0 Å². The van der Waals surface area contributed by atoms with Gasteiger partial charge in [0.1, 0.15) is 11.2 Å². The van der Waals surface area contributed by atoms with Crippen LogP contribution in [-0.2, 0) is 0 Å². The Hall–Kier alpha value is -1.95. The fraction of sp³-hybridized carbons (Fsp3) is 0.500. The Balaban J connectivity index is 1.52. The molecule has 3 aliphatic heterocycles.